The van der Waals surface area contributed by atoms with E-state index in [9.17, 15) is 9.59 Å². The number of halogens is 2. The molecule has 0 fully saturated rings. The van der Waals surface area contributed by atoms with E-state index in [1.807, 2.05) is 20.8 Å². The molecule has 7 heteroatoms. The lowest BCUT2D eigenvalue weighted by molar-refractivity contribution is -0.124. The third-order valence-corrected chi connectivity index (χ3v) is 3.86. The summed E-state index contributed by atoms with van der Waals surface area (Å²) in [7, 11) is 1.57. The molecule has 24 heavy (non-hydrogen) atoms. The van der Waals surface area contributed by atoms with E-state index in [4.69, 9.17) is 27.9 Å². The molecule has 0 aliphatic carbocycles. The van der Waals surface area contributed by atoms with Gasteiger partial charge in [-0.25, -0.2) is 0 Å². The highest BCUT2D eigenvalue weighted by molar-refractivity contribution is 6.36. The molecule has 0 heterocycles. The number of methoxy groups -OCH3 is 1. The number of amides is 2. The molecule has 0 bridgehead atoms. The zero-order valence-corrected chi connectivity index (χ0v) is 15.9. The zero-order chi connectivity index (χ0) is 18.3. The molecule has 0 aliphatic rings. The largest absolute Gasteiger partial charge is 0.383 e. The Morgan fingerprint density at radius 1 is 1.17 bits per heavy atom. The van der Waals surface area contributed by atoms with Gasteiger partial charge in [0.05, 0.1) is 17.2 Å². The van der Waals surface area contributed by atoms with Gasteiger partial charge in [0.25, 0.3) is 5.91 Å². The minimum absolute atomic E-state index is 0.145. The average Bonchev–Trinajstić information content (AvgIpc) is 2.45. The van der Waals surface area contributed by atoms with Crippen LogP contribution in [0.1, 0.15) is 37.6 Å². The van der Waals surface area contributed by atoms with E-state index in [2.05, 4.69) is 10.6 Å². The summed E-state index contributed by atoms with van der Waals surface area (Å²) in [6.45, 7) is 6.21. The van der Waals surface area contributed by atoms with Crippen molar-refractivity contribution in [1.82, 2.24) is 10.6 Å². The van der Waals surface area contributed by atoms with E-state index in [0.717, 1.165) is 0 Å². The quantitative estimate of drug-likeness (QED) is 0.733. The Labute approximate surface area is 153 Å². The number of rotatable bonds is 8. The van der Waals surface area contributed by atoms with Crippen LogP contribution >= 0.6 is 23.2 Å². The van der Waals surface area contributed by atoms with Crippen molar-refractivity contribution in [2.24, 2.45) is 5.92 Å². The Morgan fingerprint density at radius 2 is 1.83 bits per heavy atom. The summed E-state index contributed by atoms with van der Waals surface area (Å²) in [5, 5.41) is 6.28. The molecule has 1 aromatic rings. The molecule has 0 aliphatic heterocycles. The van der Waals surface area contributed by atoms with Crippen LogP contribution in [0.5, 0.6) is 0 Å². The van der Waals surface area contributed by atoms with Crippen LogP contribution in [0.2, 0.25) is 10.0 Å². The number of hydrogen-bond acceptors (Lipinski definition) is 3. The maximum atomic E-state index is 12.4. The minimum atomic E-state index is -0.649. The second-order valence-corrected chi connectivity index (χ2v) is 6.99. The Balaban J connectivity index is 2.84. The van der Waals surface area contributed by atoms with E-state index >= 15 is 0 Å². The summed E-state index contributed by atoms with van der Waals surface area (Å²) in [4.78, 5) is 24.9. The van der Waals surface area contributed by atoms with Gasteiger partial charge in [0, 0.05) is 18.2 Å². The second kappa shape index (κ2) is 9.87. The average molecular weight is 375 g/mol. The highest BCUT2D eigenvalue weighted by Gasteiger charge is 2.24. The molecule has 2 amide bonds. The standard InChI is InChI=1S/C17H24Cl2N2O3/c1-10(2)7-15(17(23)20-11(3)9-24-4)21-16(22)13-6-5-12(18)8-14(13)19/h5-6,8,10-11,15H,7,9H2,1-4H3,(H,20,23)(H,21,22). The van der Waals surface area contributed by atoms with Crippen LogP contribution in [-0.2, 0) is 9.53 Å². The molecule has 2 unspecified atom stereocenters. The van der Waals surface area contributed by atoms with Crippen molar-refractivity contribution in [2.75, 3.05) is 13.7 Å². The van der Waals surface area contributed by atoms with Crippen molar-refractivity contribution in [2.45, 2.75) is 39.3 Å². The molecular formula is C17H24Cl2N2O3. The molecule has 2 atom stereocenters. The number of carbonyl (C=O) groups excluding carboxylic acids is 2. The summed E-state index contributed by atoms with van der Waals surface area (Å²) < 4.78 is 5.01. The van der Waals surface area contributed by atoms with E-state index in [-0.39, 0.29) is 28.5 Å². The van der Waals surface area contributed by atoms with Gasteiger partial charge >= 0.3 is 0 Å². The van der Waals surface area contributed by atoms with Crippen LogP contribution in [-0.4, -0.2) is 37.6 Å². The van der Waals surface area contributed by atoms with Gasteiger partial charge in [-0.3, -0.25) is 9.59 Å². The van der Waals surface area contributed by atoms with Crippen LogP contribution < -0.4 is 10.6 Å². The number of carbonyl (C=O) groups is 2. The van der Waals surface area contributed by atoms with Crippen molar-refractivity contribution < 1.29 is 14.3 Å². The molecule has 0 radical (unpaired) electrons. The van der Waals surface area contributed by atoms with E-state index < -0.39 is 11.9 Å². The fourth-order valence-electron chi connectivity index (χ4n) is 2.25. The molecule has 5 nitrogen and oxygen atoms in total. The highest BCUT2D eigenvalue weighted by atomic mass is 35.5. The molecule has 0 saturated heterocycles. The molecule has 1 aromatic carbocycles. The topological polar surface area (TPSA) is 67.4 Å². The summed E-state index contributed by atoms with van der Waals surface area (Å²) >= 11 is 11.9. The smallest absolute Gasteiger partial charge is 0.253 e. The molecule has 2 N–H and O–H groups in total. The first-order valence-electron chi connectivity index (χ1n) is 7.79. The van der Waals surface area contributed by atoms with E-state index in [0.29, 0.717) is 18.1 Å². The summed E-state index contributed by atoms with van der Waals surface area (Å²) in [5.41, 5.74) is 0.285. The third kappa shape index (κ3) is 6.67. The Bertz CT molecular complexity index is 579. The van der Waals surface area contributed by atoms with E-state index in [1.54, 1.807) is 13.2 Å². The number of benzene rings is 1. The van der Waals surface area contributed by atoms with Gasteiger partial charge in [0.1, 0.15) is 6.04 Å². The minimum Gasteiger partial charge on any atom is -0.383 e. The first kappa shape index (κ1) is 20.7. The Hall–Kier alpha value is -1.30. The second-order valence-electron chi connectivity index (χ2n) is 6.14. The molecular weight excluding hydrogens is 351 g/mol. The number of hydrogen-bond donors (Lipinski definition) is 2. The maximum Gasteiger partial charge on any atom is 0.253 e. The first-order valence-corrected chi connectivity index (χ1v) is 8.55. The lowest BCUT2D eigenvalue weighted by atomic mass is 10.0. The monoisotopic (exact) mass is 374 g/mol. The van der Waals surface area contributed by atoms with Crippen LogP contribution in [0.3, 0.4) is 0 Å². The van der Waals surface area contributed by atoms with Crippen LogP contribution in [0, 0.1) is 5.92 Å². The van der Waals surface area contributed by atoms with Gasteiger partial charge in [-0.1, -0.05) is 37.0 Å². The van der Waals surface area contributed by atoms with Gasteiger partial charge < -0.3 is 15.4 Å². The molecule has 0 saturated carbocycles. The van der Waals surface area contributed by atoms with Crippen molar-refractivity contribution in [1.29, 1.82) is 0 Å². The molecule has 1 rings (SSSR count). The molecule has 134 valence electrons. The lowest BCUT2D eigenvalue weighted by Gasteiger charge is -2.22. The van der Waals surface area contributed by atoms with Gasteiger partial charge in [-0.05, 0) is 37.5 Å². The molecule has 0 aromatic heterocycles. The third-order valence-electron chi connectivity index (χ3n) is 3.31. The fourth-order valence-corrected chi connectivity index (χ4v) is 2.74. The van der Waals surface area contributed by atoms with Crippen LogP contribution in [0.15, 0.2) is 18.2 Å². The first-order chi connectivity index (χ1) is 11.2. The number of nitrogens with one attached hydrogen (secondary N) is 2. The van der Waals surface area contributed by atoms with Crippen molar-refractivity contribution in [3.05, 3.63) is 33.8 Å². The van der Waals surface area contributed by atoms with E-state index in [1.165, 1.54) is 12.1 Å². The van der Waals surface area contributed by atoms with Crippen molar-refractivity contribution >= 4 is 35.0 Å². The Morgan fingerprint density at radius 3 is 2.38 bits per heavy atom. The van der Waals surface area contributed by atoms with Crippen LogP contribution in [0.4, 0.5) is 0 Å². The predicted molar refractivity (Wildman–Crippen MR) is 96.7 cm³/mol. The SMILES string of the molecule is COCC(C)NC(=O)C(CC(C)C)NC(=O)c1ccc(Cl)cc1Cl. The Kier molecular flexibility index (Phi) is 8.53. The van der Waals surface area contributed by atoms with Gasteiger partial charge in [0.2, 0.25) is 5.91 Å². The normalized spacial score (nSPS) is 13.5. The van der Waals surface area contributed by atoms with Gasteiger partial charge in [0.15, 0.2) is 0 Å². The highest BCUT2D eigenvalue weighted by Crippen LogP contribution is 2.21. The van der Waals surface area contributed by atoms with Gasteiger partial charge in [-0.2, -0.15) is 0 Å². The summed E-state index contributed by atoms with van der Waals surface area (Å²) in [6, 6.07) is 3.82. The number of ether oxygens (including phenoxy) is 1. The molecule has 0 spiro atoms. The summed E-state index contributed by atoms with van der Waals surface area (Å²) in [5.74, 6) is -0.414. The summed E-state index contributed by atoms with van der Waals surface area (Å²) in [6.07, 6.45) is 0.516. The maximum absolute atomic E-state index is 12.4. The predicted octanol–water partition coefficient (Wildman–Crippen LogP) is 3.29. The van der Waals surface area contributed by atoms with Crippen molar-refractivity contribution in [3.8, 4) is 0 Å². The zero-order valence-electron chi connectivity index (χ0n) is 14.4. The lowest BCUT2D eigenvalue weighted by Crippen LogP contribution is -2.50. The van der Waals surface area contributed by atoms with Crippen LogP contribution in [0.25, 0.3) is 0 Å². The fraction of sp³-hybridized carbons (Fsp3) is 0.529. The van der Waals surface area contributed by atoms with Crippen molar-refractivity contribution in [3.63, 3.8) is 0 Å². The van der Waals surface area contributed by atoms with Gasteiger partial charge in [-0.15, -0.1) is 0 Å².